The fourth-order valence-electron chi connectivity index (χ4n) is 4.11. The molecule has 0 saturated carbocycles. The number of hydrogen-bond donors (Lipinski definition) is 3. The molecule has 0 aliphatic rings. The maximum Gasteiger partial charge on any atom is 0.224 e. The van der Waals surface area contributed by atoms with E-state index in [1.807, 2.05) is 37.3 Å². The maximum absolute atomic E-state index is 11.8. The third-order valence-electron chi connectivity index (χ3n) is 5.86. The maximum atomic E-state index is 11.8. The predicted molar refractivity (Wildman–Crippen MR) is 134 cm³/mol. The Hall–Kier alpha value is -4.92. The van der Waals surface area contributed by atoms with Gasteiger partial charge in [0.1, 0.15) is 0 Å². The van der Waals surface area contributed by atoms with E-state index in [1.165, 1.54) is 0 Å². The monoisotopic (exact) mass is 460 g/mol. The van der Waals surface area contributed by atoms with Crippen molar-refractivity contribution in [3.63, 3.8) is 0 Å². The summed E-state index contributed by atoms with van der Waals surface area (Å²) >= 11 is 0. The largest absolute Gasteiger partial charge is 0.353 e. The number of aromatic amines is 2. The Balaban J connectivity index is 1.43. The first kappa shape index (κ1) is 20.7. The molecule has 0 bridgehead atoms. The molecule has 0 aliphatic carbocycles. The molecular formula is C26H20N8O. The van der Waals surface area contributed by atoms with Gasteiger partial charge in [-0.3, -0.25) is 24.8 Å². The van der Waals surface area contributed by atoms with Crippen molar-refractivity contribution < 1.29 is 4.79 Å². The summed E-state index contributed by atoms with van der Waals surface area (Å²) in [5, 5.41) is 12.2. The van der Waals surface area contributed by atoms with Crippen LogP contribution in [-0.4, -0.2) is 41.0 Å². The Kier molecular flexibility index (Phi) is 4.99. The second-order valence-corrected chi connectivity index (χ2v) is 8.10. The van der Waals surface area contributed by atoms with Crippen molar-refractivity contribution in [2.75, 3.05) is 5.32 Å². The highest BCUT2D eigenvalue weighted by Crippen LogP contribution is 2.33. The molecule has 9 nitrogen and oxygen atoms in total. The summed E-state index contributed by atoms with van der Waals surface area (Å²) < 4.78 is 0. The number of carbonyl (C=O) groups excluding carboxylic acids is 1. The number of aromatic nitrogens is 7. The van der Waals surface area contributed by atoms with Crippen LogP contribution in [0.15, 0.2) is 73.6 Å². The number of fused-ring (bicyclic) bond motifs is 2. The van der Waals surface area contributed by atoms with E-state index in [4.69, 9.17) is 0 Å². The standard InChI is InChI=1S/C26H20N8O/c1-2-23(35)31-18-9-16(12-28-14-18)17-10-20-25(33-34-26(20)30-13-17)22-11-19-21(32-22)5-8-29-24(19)15-3-6-27-7-4-15/h3-14,32H,2H2,1H3,(H,31,35)(H,30,33,34). The first-order valence-corrected chi connectivity index (χ1v) is 11.2. The fourth-order valence-corrected chi connectivity index (χ4v) is 4.11. The highest BCUT2D eigenvalue weighted by molar-refractivity contribution is 6.00. The minimum atomic E-state index is -0.0610. The smallest absolute Gasteiger partial charge is 0.224 e. The molecule has 9 heteroatoms. The molecule has 0 radical (unpaired) electrons. The zero-order valence-corrected chi connectivity index (χ0v) is 18.8. The minimum Gasteiger partial charge on any atom is -0.353 e. The second-order valence-electron chi connectivity index (χ2n) is 8.10. The Bertz CT molecular complexity index is 1690. The van der Waals surface area contributed by atoms with Gasteiger partial charge in [-0.05, 0) is 36.4 Å². The minimum absolute atomic E-state index is 0.0610. The molecular weight excluding hydrogens is 440 g/mol. The molecule has 0 aromatic carbocycles. The number of anilines is 1. The van der Waals surface area contributed by atoms with Gasteiger partial charge in [0.15, 0.2) is 5.65 Å². The molecule has 0 saturated heterocycles. The Labute approximate surface area is 199 Å². The SMILES string of the molecule is CCC(=O)Nc1cncc(-c2cnc3n[nH]c(-c4cc5c(-c6ccncc6)nccc5[nH]4)c3c2)c1. The number of hydrogen-bond acceptors (Lipinski definition) is 6. The van der Waals surface area contributed by atoms with Crippen molar-refractivity contribution in [3.05, 3.63) is 73.6 Å². The normalized spacial score (nSPS) is 11.2. The first-order valence-electron chi connectivity index (χ1n) is 11.2. The van der Waals surface area contributed by atoms with E-state index in [9.17, 15) is 4.79 Å². The van der Waals surface area contributed by atoms with E-state index >= 15 is 0 Å². The molecule has 0 spiro atoms. The van der Waals surface area contributed by atoms with E-state index in [-0.39, 0.29) is 5.91 Å². The third-order valence-corrected chi connectivity index (χ3v) is 5.86. The molecule has 1 amide bonds. The van der Waals surface area contributed by atoms with Crippen LogP contribution in [0.2, 0.25) is 0 Å². The summed E-state index contributed by atoms with van der Waals surface area (Å²) in [6, 6.07) is 11.8. The van der Waals surface area contributed by atoms with Crippen LogP contribution in [0.5, 0.6) is 0 Å². The number of nitrogens with zero attached hydrogens (tertiary/aromatic N) is 5. The zero-order chi connectivity index (χ0) is 23.8. The molecule has 35 heavy (non-hydrogen) atoms. The molecule has 0 fully saturated rings. The van der Waals surface area contributed by atoms with Gasteiger partial charge in [-0.25, -0.2) is 4.98 Å². The van der Waals surface area contributed by atoms with Gasteiger partial charge in [0, 0.05) is 70.4 Å². The quantitative estimate of drug-likeness (QED) is 0.333. The molecule has 6 heterocycles. The molecule has 170 valence electrons. The number of nitrogens with one attached hydrogen (secondary N) is 3. The first-order chi connectivity index (χ1) is 17.2. The number of H-pyrrole nitrogens is 2. The van der Waals surface area contributed by atoms with Crippen LogP contribution in [0, 0.1) is 0 Å². The van der Waals surface area contributed by atoms with E-state index in [2.05, 4.69) is 46.5 Å². The lowest BCUT2D eigenvalue weighted by Gasteiger charge is -2.06. The van der Waals surface area contributed by atoms with E-state index in [1.54, 1.807) is 37.2 Å². The van der Waals surface area contributed by atoms with Gasteiger partial charge >= 0.3 is 0 Å². The topological polar surface area (TPSA) is 125 Å². The summed E-state index contributed by atoms with van der Waals surface area (Å²) in [4.78, 5) is 32.8. The second kappa shape index (κ2) is 8.45. The van der Waals surface area contributed by atoms with Crippen molar-refractivity contribution in [1.29, 1.82) is 0 Å². The highest BCUT2D eigenvalue weighted by atomic mass is 16.1. The molecule has 3 N–H and O–H groups in total. The van der Waals surface area contributed by atoms with Crippen LogP contribution in [0.4, 0.5) is 5.69 Å². The lowest BCUT2D eigenvalue weighted by molar-refractivity contribution is -0.115. The highest BCUT2D eigenvalue weighted by Gasteiger charge is 2.15. The van der Waals surface area contributed by atoms with Crippen molar-refractivity contribution in [2.24, 2.45) is 0 Å². The van der Waals surface area contributed by atoms with Gasteiger partial charge in [-0.15, -0.1) is 0 Å². The average molecular weight is 461 g/mol. The van der Waals surface area contributed by atoms with Gasteiger partial charge in [0.05, 0.1) is 29.0 Å². The lowest BCUT2D eigenvalue weighted by atomic mass is 10.1. The number of pyridine rings is 4. The summed E-state index contributed by atoms with van der Waals surface area (Å²) in [6.45, 7) is 1.81. The van der Waals surface area contributed by atoms with Crippen molar-refractivity contribution in [3.8, 4) is 33.8 Å². The fraction of sp³-hybridized carbons (Fsp3) is 0.0769. The number of rotatable bonds is 5. The Morgan fingerprint density at radius 3 is 2.60 bits per heavy atom. The van der Waals surface area contributed by atoms with Gasteiger partial charge in [-0.2, -0.15) is 5.10 Å². The van der Waals surface area contributed by atoms with Crippen LogP contribution in [-0.2, 0) is 4.79 Å². The van der Waals surface area contributed by atoms with Gasteiger partial charge < -0.3 is 10.3 Å². The Morgan fingerprint density at radius 2 is 1.74 bits per heavy atom. The molecule has 0 atom stereocenters. The van der Waals surface area contributed by atoms with Gasteiger partial charge in [0.25, 0.3) is 0 Å². The van der Waals surface area contributed by atoms with Gasteiger partial charge in [0.2, 0.25) is 5.91 Å². The molecule has 6 aromatic heterocycles. The average Bonchev–Trinajstić information content (AvgIpc) is 3.53. The van der Waals surface area contributed by atoms with E-state index in [0.717, 1.165) is 50.1 Å². The van der Waals surface area contributed by atoms with Crippen LogP contribution in [0.25, 0.3) is 55.7 Å². The summed E-state index contributed by atoms with van der Waals surface area (Å²) in [6.07, 6.45) is 10.9. The summed E-state index contributed by atoms with van der Waals surface area (Å²) in [7, 11) is 0. The van der Waals surface area contributed by atoms with E-state index in [0.29, 0.717) is 17.8 Å². The molecule has 6 aromatic rings. The van der Waals surface area contributed by atoms with Crippen molar-refractivity contribution in [1.82, 2.24) is 35.1 Å². The number of carbonyl (C=O) groups is 1. The number of amides is 1. The molecule has 0 aliphatic heterocycles. The van der Waals surface area contributed by atoms with Crippen molar-refractivity contribution in [2.45, 2.75) is 13.3 Å². The lowest BCUT2D eigenvalue weighted by Crippen LogP contribution is -2.09. The summed E-state index contributed by atoms with van der Waals surface area (Å²) in [5.41, 5.74) is 7.53. The van der Waals surface area contributed by atoms with E-state index < -0.39 is 0 Å². The zero-order valence-electron chi connectivity index (χ0n) is 18.8. The van der Waals surface area contributed by atoms with Crippen LogP contribution in [0.3, 0.4) is 0 Å². The Morgan fingerprint density at radius 1 is 0.886 bits per heavy atom. The summed E-state index contributed by atoms with van der Waals surface area (Å²) in [5.74, 6) is -0.0610. The van der Waals surface area contributed by atoms with Crippen LogP contribution in [0.1, 0.15) is 13.3 Å². The van der Waals surface area contributed by atoms with Gasteiger partial charge in [-0.1, -0.05) is 6.92 Å². The van der Waals surface area contributed by atoms with Crippen molar-refractivity contribution >= 4 is 33.5 Å². The van der Waals surface area contributed by atoms with Crippen LogP contribution < -0.4 is 5.32 Å². The van der Waals surface area contributed by atoms with Crippen LogP contribution >= 0.6 is 0 Å². The predicted octanol–water partition coefficient (Wildman–Crippen LogP) is 4.97. The third kappa shape index (κ3) is 3.78. The molecule has 6 rings (SSSR count). The molecule has 0 unspecified atom stereocenters.